The van der Waals surface area contributed by atoms with Gasteiger partial charge in [-0.1, -0.05) is 67.9 Å². The highest BCUT2D eigenvalue weighted by Gasteiger charge is 2.29. The molecule has 31 heavy (non-hydrogen) atoms. The fourth-order valence-corrected chi connectivity index (χ4v) is 4.46. The number of benzene rings is 2. The molecule has 1 N–H and O–H groups in total. The van der Waals surface area contributed by atoms with Gasteiger partial charge in [-0.2, -0.15) is 0 Å². The molecule has 2 amide bonds. The van der Waals surface area contributed by atoms with E-state index in [1.165, 1.54) is 11.1 Å². The zero-order chi connectivity index (χ0) is 22.8. The van der Waals surface area contributed by atoms with Crippen LogP contribution in [0.15, 0.2) is 48.5 Å². The molecular weight excluding hydrogens is 428 g/mol. The van der Waals surface area contributed by atoms with Gasteiger partial charge in [0.2, 0.25) is 11.8 Å². The normalized spacial score (nSPS) is 12.8. The second kappa shape index (κ2) is 12.8. The van der Waals surface area contributed by atoms with Gasteiger partial charge in [-0.25, -0.2) is 0 Å². The predicted molar refractivity (Wildman–Crippen MR) is 131 cm³/mol. The molecule has 0 spiro atoms. The van der Waals surface area contributed by atoms with E-state index in [1.54, 1.807) is 16.7 Å². The van der Waals surface area contributed by atoms with Crippen molar-refractivity contribution in [2.24, 2.45) is 0 Å². The number of carbonyl (C=O) groups excluding carboxylic acids is 2. The molecule has 0 heterocycles. The van der Waals surface area contributed by atoms with E-state index in [2.05, 4.69) is 24.4 Å². The van der Waals surface area contributed by atoms with Crippen molar-refractivity contribution in [1.29, 1.82) is 0 Å². The van der Waals surface area contributed by atoms with E-state index >= 15 is 0 Å². The molecule has 4 nitrogen and oxygen atoms in total. The third kappa shape index (κ3) is 7.58. The van der Waals surface area contributed by atoms with Gasteiger partial charge in [-0.3, -0.25) is 9.59 Å². The largest absolute Gasteiger partial charge is 0.352 e. The molecule has 2 aromatic rings. The highest BCUT2D eigenvalue weighted by atomic mass is 35.5. The van der Waals surface area contributed by atoms with Crippen LogP contribution in [0.5, 0.6) is 0 Å². The van der Waals surface area contributed by atoms with Crippen LogP contribution in [0.1, 0.15) is 50.3 Å². The Morgan fingerprint density at radius 2 is 1.68 bits per heavy atom. The fraction of sp³-hybridized carbons (Fsp3) is 0.440. The fourth-order valence-electron chi connectivity index (χ4n) is 3.27. The van der Waals surface area contributed by atoms with Crippen molar-refractivity contribution in [2.75, 3.05) is 5.75 Å². The second-order valence-electron chi connectivity index (χ2n) is 7.77. The van der Waals surface area contributed by atoms with Crippen molar-refractivity contribution >= 4 is 35.2 Å². The van der Waals surface area contributed by atoms with E-state index in [9.17, 15) is 9.59 Å². The van der Waals surface area contributed by atoms with Crippen LogP contribution in [0.2, 0.25) is 5.02 Å². The molecule has 0 radical (unpaired) electrons. The quantitative estimate of drug-likeness (QED) is 0.474. The number of carbonyl (C=O) groups is 2. The summed E-state index contributed by atoms with van der Waals surface area (Å²) in [4.78, 5) is 27.9. The van der Waals surface area contributed by atoms with Crippen LogP contribution in [0.25, 0.3) is 0 Å². The minimum absolute atomic E-state index is 0.0512. The molecule has 2 unspecified atom stereocenters. The van der Waals surface area contributed by atoms with Crippen molar-refractivity contribution in [3.63, 3.8) is 0 Å². The molecule has 0 bridgehead atoms. The number of halogens is 1. The van der Waals surface area contributed by atoms with E-state index in [0.717, 1.165) is 17.7 Å². The van der Waals surface area contributed by atoms with Crippen LogP contribution in [-0.4, -0.2) is 34.6 Å². The number of hydrogen-bond acceptors (Lipinski definition) is 3. The van der Waals surface area contributed by atoms with Gasteiger partial charge in [0.25, 0.3) is 0 Å². The molecule has 0 saturated heterocycles. The van der Waals surface area contributed by atoms with Gasteiger partial charge in [-0.05, 0) is 49.4 Å². The summed E-state index contributed by atoms with van der Waals surface area (Å²) >= 11 is 7.94. The molecule has 0 fully saturated rings. The first-order chi connectivity index (χ1) is 14.9. The van der Waals surface area contributed by atoms with Gasteiger partial charge in [0.1, 0.15) is 6.04 Å². The molecule has 168 valence electrons. The van der Waals surface area contributed by atoms with E-state index in [4.69, 9.17) is 11.6 Å². The Bertz CT molecular complexity index is 874. The summed E-state index contributed by atoms with van der Waals surface area (Å²) in [6.45, 7) is 8.33. The van der Waals surface area contributed by atoms with E-state index in [1.807, 2.05) is 57.2 Å². The van der Waals surface area contributed by atoms with Crippen molar-refractivity contribution in [1.82, 2.24) is 10.2 Å². The van der Waals surface area contributed by atoms with E-state index < -0.39 is 6.04 Å². The predicted octanol–water partition coefficient (Wildman–Crippen LogP) is 5.60. The Morgan fingerprint density at radius 3 is 2.29 bits per heavy atom. The lowest BCUT2D eigenvalue weighted by molar-refractivity contribution is -0.139. The molecule has 0 aromatic heterocycles. The van der Waals surface area contributed by atoms with Gasteiger partial charge in [-0.15, -0.1) is 11.8 Å². The maximum atomic E-state index is 13.3. The molecule has 0 saturated carbocycles. The number of aryl methyl sites for hydroxylation is 1. The van der Waals surface area contributed by atoms with Crippen molar-refractivity contribution in [3.05, 3.63) is 70.2 Å². The number of nitrogens with zero attached hydrogens (tertiary/aromatic N) is 1. The van der Waals surface area contributed by atoms with Crippen LogP contribution >= 0.6 is 23.4 Å². The van der Waals surface area contributed by atoms with Gasteiger partial charge in [0.05, 0.1) is 5.75 Å². The van der Waals surface area contributed by atoms with Gasteiger partial charge >= 0.3 is 0 Å². The summed E-state index contributed by atoms with van der Waals surface area (Å²) in [7, 11) is 0. The van der Waals surface area contributed by atoms with Crippen molar-refractivity contribution < 1.29 is 9.59 Å². The monoisotopic (exact) mass is 460 g/mol. The van der Waals surface area contributed by atoms with Crippen LogP contribution in [-0.2, 0) is 21.9 Å². The first kappa shape index (κ1) is 25.3. The summed E-state index contributed by atoms with van der Waals surface area (Å²) in [5.41, 5.74) is 3.28. The average molecular weight is 461 g/mol. The Balaban J connectivity index is 2.16. The lowest BCUT2D eigenvalue weighted by atomic mass is 10.1. The third-order valence-corrected chi connectivity index (χ3v) is 6.76. The number of rotatable bonds is 11. The first-order valence-electron chi connectivity index (χ1n) is 10.8. The average Bonchev–Trinajstić information content (AvgIpc) is 2.76. The van der Waals surface area contributed by atoms with Gasteiger partial charge in [0.15, 0.2) is 0 Å². The van der Waals surface area contributed by atoms with Crippen LogP contribution in [0.4, 0.5) is 0 Å². The molecule has 2 atom stereocenters. The smallest absolute Gasteiger partial charge is 0.243 e. The van der Waals surface area contributed by atoms with Crippen LogP contribution in [0, 0.1) is 6.92 Å². The summed E-state index contributed by atoms with van der Waals surface area (Å²) in [5.74, 6) is 0.908. The minimum atomic E-state index is -0.531. The Kier molecular flexibility index (Phi) is 10.4. The zero-order valence-corrected chi connectivity index (χ0v) is 20.4. The zero-order valence-electron chi connectivity index (χ0n) is 18.9. The summed E-state index contributed by atoms with van der Waals surface area (Å²) in [6, 6.07) is 15.2. The van der Waals surface area contributed by atoms with Gasteiger partial charge < -0.3 is 10.2 Å². The maximum Gasteiger partial charge on any atom is 0.243 e. The lowest BCUT2D eigenvalue weighted by Gasteiger charge is -2.31. The lowest BCUT2D eigenvalue weighted by Crippen LogP contribution is -2.51. The van der Waals surface area contributed by atoms with Crippen molar-refractivity contribution in [2.45, 2.75) is 64.9 Å². The molecule has 0 aliphatic rings. The summed E-state index contributed by atoms with van der Waals surface area (Å²) in [6.07, 6.45) is 1.38. The van der Waals surface area contributed by atoms with Crippen molar-refractivity contribution in [3.8, 4) is 0 Å². The topological polar surface area (TPSA) is 49.4 Å². The van der Waals surface area contributed by atoms with Crippen LogP contribution < -0.4 is 5.32 Å². The summed E-state index contributed by atoms with van der Waals surface area (Å²) in [5, 5.41) is 3.64. The maximum absolute atomic E-state index is 13.3. The highest BCUT2D eigenvalue weighted by Crippen LogP contribution is 2.22. The SMILES string of the molecule is CCC(C)NC(=O)C(CC)N(Cc1ccccc1Cl)C(=O)CSCc1ccccc1C. The number of hydrogen-bond donors (Lipinski definition) is 1. The molecule has 2 aromatic carbocycles. The second-order valence-corrected chi connectivity index (χ2v) is 9.17. The Labute approximate surface area is 195 Å². The first-order valence-corrected chi connectivity index (χ1v) is 12.4. The number of amides is 2. The standard InChI is InChI=1S/C25H33ClN2O2S/c1-5-19(4)27-25(30)23(6-2)28(15-20-12-9-10-14-22(20)26)24(29)17-31-16-21-13-8-7-11-18(21)3/h7-14,19,23H,5-6,15-17H2,1-4H3,(H,27,30). The summed E-state index contributed by atoms with van der Waals surface area (Å²) < 4.78 is 0. The van der Waals surface area contributed by atoms with E-state index in [-0.39, 0.29) is 17.9 Å². The van der Waals surface area contributed by atoms with Gasteiger partial charge in [0, 0.05) is 23.4 Å². The van der Waals surface area contributed by atoms with E-state index in [0.29, 0.717) is 23.7 Å². The molecule has 6 heteroatoms. The highest BCUT2D eigenvalue weighted by molar-refractivity contribution is 7.99. The Morgan fingerprint density at radius 1 is 1.03 bits per heavy atom. The minimum Gasteiger partial charge on any atom is -0.352 e. The molecule has 2 rings (SSSR count). The molecular formula is C25H33ClN2O2S. The molecule has 0 aliphatic heterocycles. The van der Waals surface area contributed by atoms with Crippen LogP contribution in [0.3, 0.4) is 0 Å². The Hall–Kier alpha value is -1.98. The molecule has 0 aliphatic carbocycles. The number of nitrogens with one attached hydrogen (secondary N) is 1. The third-order valence-electron chi connectivity index (χ3n) is 5.43. The number of thioether (sulfide) groups is 1.